The average Bonchev–Trinajstić information content (AvgIpc) is 2.25. The minimum Gasteiger partial charge on any atom is -0.480 e. The van der Waals surface area contributed by atoms with Crippen molar-refractivity contribution in [2.75, 3.05) is 11.5 Å². The molecule has 0 amide bonds. The Morgan fingerprint density at radius 2 is 1.84 bits per heavy atom. The lowest BCUT2D eigenvalue weighted by Gasteiger charge is -2.34. The number of rotatable bonds is 8. The largest absolute Gasteiger partial charge is 0.480 e. The van der Waals surface area contributed by atoms with E-state index in [1.165, 1.54) is 13.8 Å². The van der Waals surface area contributed by atoms with Crippen LogP contribution in [0.3, 0.4) is 0 Å². The number of aliphatic carboxylic acids is 1. The van der Waals surface area contributed by atoms with Gasteiger partial charge in [-0.3, -0.25) is 4.79 Å². The number of aliphatic hydroxyl groups is 1. The Hall–Kier alpha value is -0.470. The number of alkyl halides is 3. The molecule has 0 bridgehead atoms. The van der Waals surface area contributed by atoms with Gasteiger partial charge in [0.05, 0.1) is 0 Å². The Kier molecular flexibility index (Phi) is 7.17. The smallest absolute Gasteiger partial charge is 0.417 e. The Balaban J connectivity index is 4.14. The van der Waals surface area contributed by atoms with E-state index in [4.69, 9.17) is 10.8 Å². The molecule has 0 aromatic rings. The first kappa shape index (κ1) is 18.5. The second-order valence-corrected chi connectivity index (χ2v) is 5.90. The fourth-order valence-corrected chi connectivity index (χ4v) is 2.50. The van der Waals surface area contributed by atoms with Gasteiger partial charge >= 0.3 is 12.1 Å². The van der Waals surface area contributed by atoms with Crippen LogP contribution in [0.25, 0.3) is 0 Å². The van der Waals surface area contributed by atoms with Crippen molar-refractivity contribution in [3.63, 3.8) is 0 Å². The molecule has 0 saturated heterocycles. The summed E-state index contributed by atoms with van der Waals surface area (Å²) in [4.78, 5) is 10.4. The number of carboxylic acids is 1. The molecular formula is C11H20F3NO3S. The quantitative estimate of drug-likeness (QED) is 0.596. The van der Waals surface area contributed by atoms with Crippen molar-refractivity contribution < 1.29 is 28.2 Å². The molecule has 0 heterocycles. The van der Waals surface area contributed by atoms with Gasteiger partial charge < -0.3 is 15.9 Å². The van der Waals surface area contributed by atoms with Gasteiger partial charge in [-0.1, -0.05) is 13.8 Å². The minimum absolute atomic E-state index is 0.0977. The molecule has 0 rings (SSSR count). The van der Waals surface area contributed by atoms with E-state index in [-0.39, 0.29) is 12.2 Å². The summed E-state index contributed by atoms with van der Waals surface area (Å²) in [5, 5.41) is 18.2. The second kappa shape index (κ2) is 7.35. The number of hydrogen-bond acceptors (Lipinski definition) is 4. The molecule has 8 heteroatoms. The zero-order valence-electron chi connectivity index (χ0n) is 10.9. The number of hydrogen-bond donors (Lipinski definition) is 3. The van der Waals surface area contributed by atoms with Gasteiger partial charge in [0.25, 0.3) is 0 Å². The summed E-state index contributed by atoms with van der Waals surface area (Å²) >= 11 is 1.16. The zero-order chi connectivity index (χ0) is 15.3. The summed E-state index contributed by atoms with van der Waals surface area (Å²) in [6, 6.07) is -1.00. The van der Waals surface area contributed by atoms with Crippen LogP contribution in [0.4, 0.5) is 13.2 Å². The van der Waals surface area contributed by atoms with E-state index in [1.807, 2.05) is 0 Å². The Bertz CT molecular complexity index is 299. The summed E-state index contributed by atoms with van der Waals surface area (Å²) in [6.07, 6.45) is -4.90. The number of carbonyl (C=O) groups is 1. The molecule has 0 fully saturated rings. The highest BCUT2D eigenvalue weighted by atomic mass is 32.2. The highest BCUT2D eigenvalue weighted by Crippen LogP contribution is 2.39. The van der Waals surface area contributed by atoms with Gasteiger partial charge in [-0.2, -0.15) is 24.9 Å². The van der Waals surface area contributed by atoms with Crippen molar-refractivity contribution in [3.8, 4) is 0 Å². The molecule has 0 aliphatic rings. The third kappa shape index (κ3) is 5.58. The van der Waals surface area contributed by atoms with Crippen LogP contribution in [0.2, 0.25) is 0 Å². The van der Waals surface area contributed by atoms with E-state index in [0.717, 1.165) is 11.8 Å². The van der Waals surface area contributed by atoms with Gasteiger partial charge in [-0.05, 0) is 30.3 Å². The molecular weight excluding hydrogens is 283 g/mol. The summed E-state index contributed by atoms with van der Waals surface area (Å²) < 4.78 is 38.2. The molecule has 19 heavy (non-hydrogen) atoms. The van der Waals surface area contributed by atoms with Crippen LogP contribution in [0.15, 0.2) is 0 Å². The van der Waals surface area contributed by atoms with Gasteiger partial charge in [0.2, 0.25) is 0 Å². The molecule has 0 radical (unpaired) electrons. The van der Waals surface area contributed by atoms with Crippen LogP contribution in [0.1, 0.15) is 26.7 Å². The predicted octanol–water partition coefficient (Wildman–Crippen LogP) is 1.86. The minimum atomic E-state index is -4.67. The molecule has 0 aliphatic heterocycles. The number of thioether (sulfide) groups is 1. The first-order chi connectivity index (χ1) is 8.52. The van der Waals surface area contributed by atoms with Crippen molar-refractivity contribution in [3.05, 3.63) is 0 Å². The third-order valence-corrected chi connectivity index (χ3v) is 3.98. The van der Waals surface area contributed by atoms with Crippen LogP contribution < -0.4 is 5.73 Å². The molecule has 4 nitrogen and oxygen atoms in total. The fraction of sp³-hybridized carbons (Fsp3) is 0.909. The first-order valence-corrected chi connectivity index (χ1v) is 7.03. The molecule has 0 saturated carbocycles. The number of carboxylic acid groups (broad SMARTS) is 1. The lowest BCUT2D eigenvalue weighted by Crippen LogP contribution is -2.50. The van der Waals surface area contributed by atoms with Crippen LogP contribution in [0.5, 0.6) is 0 Å². The third-order valence-electron chi connectivity index (χ3n) is 2.96. The van der Waals surface area contributed by atoms with E-state index < -0.39 is 36.1 Å². The first-order valence-electron chi connectivity index (χ1n) is 5.87. The summed E-state index contributed by atoms with van der Waals surface area (Å²) in [5.41, 5.74) is 2.56. The zero-order valence-corrected chi connectivity index (χ0v) is 11.7. The normalized spacial score (nSPS) is 17.3. The van der Waals surface area contributed by atoms with Crippen molar-refractivity contribution >= 4 is 17.7 Å². The molecule has 0 aromatic heterocycles. The summed E-state index contributed by atoms with van der Waals surface area (Å²) in [7, 11) is 0. The van der Waals surface area contributed by atoms with Crippen molar-refractivity contribution in [2.24, 2.45) is 11.7 Å². The predicted molar refractivity (Wildman–Crippen MR) is 68.0 cm³/mol. The molecule has 114 valence electrons. The Labute approximate surface area is 114 Å². The van der Waals surface area contributed by atoms with E-state index in [9.17, 15) is 23.1 Å². The molecule has 2 atom stereocenters. The van der Waals surface area contributed by atoms with Gasteiger partial charge in [0.1, 0.15) is 6.04 Å². The standard InChI is InChI=1S/C11H20F3NO3S/c1-7(2)10(18,11(12,13)14)4-6-19-5-3-8(15)9(16)17/h7-8,18H,3-6,15H2,1-2H3,(H,16,17). The lowest BCUT2D eigenvalue weighted by atomic mass is 9.87. The molecule has 0 aliphatic carbocycles. The van der Waals surface area contributed by atoms with Crippen LogP contribution in [-0.2, 0) is 4.79 Å². The molecule has 0 aromatic carbocycles. The summed E-state index contributed by atoms with van der Waals surface area (Å²) in [6.45, 7) is 2.64. The maximum atomic E-state index is 12.7. The number of halogens is 3. The highest BCUT2D eigenvalue weighted by Gasteiger charge is 2.54. The van der Waals surface area contributed by atoms with E-state index in [2.05, 4.69) is 0 Å². The van der Waals surface area contributed by atoms with Crippen molar-refractivity contribution in [1.29, 1.82) is 0 Å². The Morgan fingerprint density at radius 1 is 1.32 bits per heavy atom. The molecule has 2 unspecified atom stereocenters. The van der Waals surface area contributed by atoms with E-state index in [1.54, 1.807) is 0 Å². The van der Waals surface area contributed by atoms with Gasteiger partial charge in [0, 0.05) is 0 Å². The topological polar surface area (TPSA) is 83.5 Å². The van der Waals surface area contributed by atoms with Gasteiger partial charge in [0.15, 0.2) is 5.60 Å². The molecule has 4 N–H and O–H groups in total. The maximum absolute atomic E-state index is 12.7. The fourth-order valence-electron chi connectivity index (χ4n) is 1.42. The summed E-state index contributed by atoms with van der Waals surface area (Å²) in [5.74, 6) is -1.62. The maximum Gasteiger partial charge on any atom is 0.417 e. The van der Waals surface area contributed by atoms with E-state index in [0.29, 0.717) is 5.75 Å². The van der Waals surface area contributed by atoms with Gasteiger partial charge in [-0.25, -0.2) is 0 Å². The van der Waals surface area contributed by atoms with Crippen molar-refractivity contribution in [2.45, 2.75) is 44.5 Å². The van der Waals surface area contributed by atoms with Crippen LogP contribution in [-0.4, -0.2) is 45.5 Å². The average molecular weight is 303 g/mol. The lowest BCUT2D eigenvalue weighted by molar-refractivity contribution is -0.276. The Morgan fingerprint density at radius 3 is 2.21 bits per heavy atom. The van der Waals surface area contributed by atoms with Crippen molar-refractivity contribution in [1.82, 2.24) is 0 Å². The SMILES string of the molecule is CC(C)C(O)(CCSCCC(N)C(=O)O)C(F)(F)F. The molecule has 0 spiro atoms. The highest BCUT2D eigenvalue weighted by molar-refractivity contribution is 7.99. The van der Waals surface area contributed by atoms with Crippen LogP contribution >= 0.6 is 11.8 Å². The van der Waals surface area contributed by atoms with Crippen LogP contribution in [0, 0.1) is 5.92 Å². The monoisotopic (exact) mass is 303 g/mol. The number of nitrogens with two attached hydrogens (primary N) is 1. The van der Waals surface area contributed by atoms with E-state index >= 15 is 0 Å². The van der Waals surface area contributed by atoms with Gasteiger partial charge in [-0.15, -0.1) is 0 Å². The second-order valence-electron chi connectivity index (χ2n) is 4.67.